The topological polar surface area (TPSA) is 27.7 Å². The Morgan fingerprint density at radius 1 is 0.927 bits per heavy atom. The van der Waals surface area contributed by atoms with Crippen molar-refractivity contribution in [3.8, 4) is 0 Å². The second-order valence-electron chi connectivity index (χ2n) is 15.8. The maximum Gasteiger partial charge on any atom is 0.202 e. The van der Waals surface area contributed by atoms with Gasteiger partial charge in [0.2, 0.25) is 5.79 Å². The molecule has 5 aliphatic rings. The van der Waals surface area contributed by atoms with Crippen LogP contribution in [-0.4, -0.2) is 18.5 Å². The Morgan fingerprint density at radius 2 is 1.68 bits per heavy atom. The summed E-state index contributed by atoms with van der Waals surface area (Å²) in [6.07, 6.45) is 15.2. The highest BCUT2D eigenvalue weighted by atomic mass is 19.1. The van der Waals surface area contributed by atoms with Crippen LogP contribution in [-0.2, 0) is 14.5 Å². The first-order valence-corrected chi connectivity index (χ1v) is 17.0. The maximum atomic E-state index is 13.4. The minimum atomic E-state index is -0.635. The summed E-state index contributed by atoms with van der Waals surface area (Å²) in [6.45, 7) is 17.3. The summed E-state index contributed by atoms with van der Waals surface area (Å²) in [5, 5.41) is 0. The third kappa shape index (κ3) is 5.37. The standard InChI is InChI=1S/C37H55FO3/c1-24(2)8-7-9-25(3)31-16-17-32-30-15-12-28-22-37(21-20-35(28,5)33(30)18-19-36(31,32)6)39-23-34(40-41-37)26(4)27-10-13-29(38)14-11-27/h10-11,13-14,24-25,28,30-34H,4,7-9,12,15-23H2,1-3,5-6H3/t25-,28?,30+,31-,32+,33+,34?,35+,36-,37?/m1/s1. The molecule has 228 valence electrons. The maximum absolute atomic E-state index is 13.4. The first kappa shape index (κ1) is 29.8. The normalized spacial score (nSPS) is 42.9. The van der Waals surface area contributed by atoms with Crippen LogP contribution in [0.15, 0.2) is 30.8 Å². The molecule has 6 rings (SSSR count). The predicted molar refractivity (Wildman–Crippen MR) is 163 cm³/mol. The van der Waals surface area contributed by atoms with Gasteiger partial charge >= 0.3 is 0 Å². The highest BCUT2D eigenvalue weighted by Gasteiger charge is 2.62. The van der Waals surface area contributed by atoms with Crippen molar-refractivity contribution in [2.24, 2.45) is 52.3 Å². The molecule has 0 radical (unpaired) electrons. The van der Waals surface area contributed by atoms with Gasteiger partial charge in [0.05, 0.1) is 6.61 Å². The average Bonchev–Trinajstić information content (AvgIpc) is 3.31. The zero-order chi connectivity index (χ0) is 29.0. The van der Waals surface area contributed by atoms with Crippen LogP contribution < -0.4 is 0 Å². The van der Waals surface area contributed by atoms with E-state index in [4.69, 9.17) is 14.5 Å². The molecule has 1 spiro atoms. The fraction of sp³-hybridized carbons (Fsp3) is 0.784. The Balaban J connectivity index is 1.08. The smallest absolute Gasteiger partial charge is 0.202 e. The molecule has 5 fully saturated rings. The molecule has 1 aromatic carbocycles. The summed E-state index contributed by atoms with van der Waals surface area (Å²) in [5.41, 5.74) is 2.55. The van der Waals surface area contributed by atoms with E-state index in [1.54, 1.807) is 12.1 Å². The van der Waals surface area contributed by atoms with Crippen LogP contribution in [0.1, 0.15) is 117 Å². The van der Waals surface area contributed by atoms with Crippen molar-refractivity contribution in [1.82, 2.24) is 0 Å². The molecule has 0 amide bonds. The molecule has 4 heteroatoms. The molecular weight excluding hydrogens is 511 g/mol. The van der Waals surface area contributed by atoms with Crippen LogP contribution >= 0.6 is 0 Å². The van der Waals surface area contributed by atoms with Crippen LogP contribution in [0.2, 0.25) is 0 Å². The van der Waals surface area contributed by atoms with Crippen LogP contribution in [0.3, 0.4) is 0 Å². The lowest BCUT2D eigenvalue weighted by Crippen LogP contribution is -2.58. The molecule has 10 atom stereocenters. The van der Waals surface area contributed by atoms with Crippen LogP contribution in [0.4, 0.5) is 4.39 Å². The molecule has 0 aromatic heterocycles. The Hall–Kier alpha value is -1.23. The number of rotatable bonds is 7. The Kier molecular flexibility index (Phi) is 8.26. The van der Waals surface area contributed by atoms with Gasteiger partial charge in [0.15, 0.2) is 0 Å². The molecule has 1 aliphatic heterocycles. The zero-order valence-corrected chi connectivity index (χ0v) is 26.4. The summed E-state index contributed by atoms with van der Waals surface area (Å²) in [5.74, 6) is 4.99. The third-order valence-electron chi connectivity index (χ3n) is 13.3. The molecule has 0 bridgehead atoms. The molecule has 41 heavy (non-hydrogen) atoms. The van der Waals surface area contributed by atoms with E-state index < -0.39 is 5.79 Å². The Morgan fingerprint density at radius 3 is 2.39 bits per heavy atom. The van der Waals surface area contributed by atoms with Crippen LogP contribution in [0.5, 0.6) is 0 Å². The van der Waals surface area contributed by atoms with E-state index in [9.17, 15) is 4.39 Å². The highest BCUT2D eigenvalue weighted by molar-refractivity contribution is 5.66. The van der Waals surface area contributed by atoms with E-state index in [1.807, 2.05) is 0 Å². The Labute approximate surface area is 248 Å². The van der Waals surface area contributed by atoms with Gasteiger partial charge in [-0.05, 0) is 120 Å². The number of ether oxygens (including phenoxy) is 1. The van der Waals surface area contributed by atoms with Gasteiger partial charge in [-0.25, -0.2) is 14.2 Å². The summed E-state index contributed by atoms with van der Waals surface area (Å²) in [4.78, 5) is 12.1. The van der Waals surface area contributed by atoms with Gasteiger partial charge < -0.3 is 4.74 Å². The van der Waals surface area contributed by atoms with Crippen LogP contribution in [0.25, 0.3) is 5.57 Å². The average molecular weight is 567 g/mol. The number of benzene rings is 1. The summed E-state index contributed by atoms with van der Waals surface area (Å²) >= 11 is 0. The summed E-state index contributed by atoms with van der Waals surface area (Å²) in [6, 6.07) is 6.40. The van der Waals surface area contributed by atoms with E-state index in [-0.39, 0.29) is 11.9 Å². The van der Waals surface area contributed by atoms with Gasteiger partial charge in [-0.1, -0.05) is 72.6 Å². The SMILES string of the molecule is C=C(c1ccc(F)cc1)C1COC2(CC[C@@]3(C)C(CC[C@H]4[C@@H]5CC[C@H]([C@H](C)CCCC(C)C)[C@@]5(C)CC[C@@H]43)C2)OO1. The molecule has 1 heterocycles. The van der Waals surface area contributed by atoms with E-state index in [0.29, 0.717) is 23.4 Å². The molecule has 4 saturated carbocycles. The van der Waals surface area contributed by atoms with Crippen LogP contribution in [0, 0.1) is 58.1 Å². The number of fused-ring (bicyclic) bond motifs is 5. The van der Waals surface area contributed by atoms with Crippen molar-refractivity contribution in [3.63, 3.8) is 0 Å². The lowest BCUT2D eigenvalue weighted by molar-refractivity contribution is -0.489. The number of halogens is 1. The van der Waals surface area contributed by atoms with Gasteiger partial charge in [-0.3, -0.25) is 0 Å². The Bertz CT molecular complexity index is 1070. The lowest BCUT2D eigenvalue weighted by Gasteiger charge is -2.62. The van der Waals surface area contributed by atoms with Gasteiger partial charge in [-0.2, -0.15) is 0 Å². The van der Waals surface area contributed by atoms with Crippen molar-refractivity contribution >= 4 is 5.57 Å². The molecule has 3 unspecified atom stereocenters. The molecule has 1 saturated heterocycles. The number of hydrogen-bond acceptors (Lipinski definition) is 3. The second kappa shape index (κ2) is 11.4. The number of hydrogen-bond donors (Lipinski definition) is 0. The van der Waals surface area contributed by atoms with E-state index in [1.165, 1.54) is 69.9 Å². The fourth-order valence-electron chi connectivity index (χ4n) is 10.9. The van der Waals surface area contributed by atoms with Crippen molar-refractivity contribution in [2.75, 3.05) is 6.61 Å². The van der Waals surface area contributed by atoms with Gasteiger partial charge in [0.25, 0.3) is 0 Å². The zero-order valence-electron chi connectivity index (χ0n) is 26.4. The summed E-state index contributed by atoms with van der Waals surface area (Å²) < 4.78 is 19.9. The van der Waals surface area contributed by atoms with E-state index in [0.717, 1.165) is 65.9 Å². The molecule has 4 aliphatic carbocycles. The molecule has 1 aromatic rings. The van der Waals surface area contributed by atoms with Gasteiger partial charge in [0.1, 0.15) is 11.9 Å². The third-order valence-corrected chi connectivity index (χ3v) is 13.3. The minimum absolute atomic E-state index is 0.250. The van der Waals surface area contributed by atoms with Crippen molar-refractivity contribution in [3.05, 3.63) is 42.2 Å². The molecule has 3 nitrogen and oxygen atoms in total. The molecular formula is C37H55FO3. The van der Waals surface area contributed by atoms with Crippen molar-refractivity contribution in [1.29, 1.82) is 0 Å². The quantitative estimate of drug-likeness (QED) is 0.307. The lowest BCUT2D eigenvalue weighted by atomic mass is 9.44. The van der Waals surface area contributed by atoms with E-state index in [2.05, 4.69) is 41.2 Å². The minimum Gasteiger partial charge on any atom is -0.344 e. The van der Waals surface area contributed by atoms with Gasteiger partial charge in [0, 0.05) is 12.8 Å². The van der Waals surface area contributed by atoms with Gasteiger partial charge in [-0.15, -0.1) is 0 Å². The predicted octanol–water partition coefficient (Wildman–Crippen LogP) is 10.0. The largest absolute Gasteiger partial charge is 0.344 e. The second-order valence-corrected chi connectivity index (χ2v) is 15.8. The monoisotopic (exact) mass is 566 g/mol. The fourth-order valence-corrected chi connectivity index (χ4v) is 10.9. The first-order valence-electron chi connectivity index (χ1n) is 17.0. The van der Waals surface area contributed by atoms with Crippen molar-refractivity contribution < 1.29 is 18.9 Å². The molecule has 0 N–H and O–H groups in total. The summed E-state index contributed by atoms with van der Waals surface area (Å²) in [7, 11) is 0. The highest BCUT2D eigenvalue weighted by Crippen LogP contribution is 2.69. The van der Waals surface area contributed by atoms with Crippen molar-refractivity contribution in [2.45, 2.75) is 124 Å². The first-order chi connectivity index (χ1) is 19.5. The van der Waals surface area contributed by atoms with E-state index >= 15 is 0 Å².